The fourth-order valence-electron chi connectivity index (χ4n) is 3.11. The molecule has 1 unspecified atom stereocenters. The summed E-state index contributed by atoms with van der Waals surface area (Å²) < 4.78 is 0. The number of hydrogen-bond donors (Lipinski definition) is 2. The van der Waals surface area contributed by atoms with Gasteiger partial charge in [-0.3, -0.25) is 9.59 Å². The molecule has 3 N–H and O–H groups in total. The van der Waals surface area contributed by atoms with Gasteiger partial charge in [0, 0.05) is 24.3 Å². The molecule has 5 heteroatoms. The number of anilines is 1. The molecule has 1 fully saturated rings. The maximum Gasteiger partial charge on any atom is 0.239 e. The minimum Gasteiger partial charge on any atom is -0.354 e. The van der Waals surface area contributed by atoms with Gasteiger partial charge < -0.3 is 16.0 Å². The predicted molar refractivity (Wildman–Crippen MR) is 102 cm³/mol. The minimum absolute atomic E-state index is 0.120. The van der Waals surface area contributed by atoms with Gasteiger partial charge in [0.2, 0.25) is 11.8 Å². The van der Waals surface area contributed by atoms with E-state index < -0.39 is 11.5 Å². The van der Waals surface area contributed by atoms with Gasteiger partial charge in [-0.15, -0.1) is 0 Å². The molecule has 1 saturated heterocycles. The average Bonchev–Trinajstić information content (AvgIpc) is 3.01. The zero-order valence-electron chi connectivity index (χ0n) is 15.8. The molecule has 5 nitrogen and oxygen atoms in total. The summed E-state index contributed by atoms with van der Waals surface area (Å²) in [5.74, 6) is -0.480. The van der Waals surface area contributed by atoms with Gasteiger partial charge in [-0.25, -0.2) is 0 Å². The van der Waals surface area contributed by atoms with Crippen LogP contribution in [0.25, 0.3) is 0 Å². The van der Waals surface area contributed by atoms with Crippen molar-refractivity contribution in [3.8, 4) is 0 Å². The zero-order valence-corrected chi connectivity index (χ0v) is 15.8. The number of nitrogens with two attached hydrogens (primary N) is 1. The molecular weight excluding hydrogens is 314 g/mol. The summed E-state index contributed by atoms with van der Waals surface area (Å²) in [5, 5.41) is 2.88. The quantitative estimate of drug-likeness (QED) is 0.746. The van der Waals surface area contributed by atoms with E-state index in [0.717, 1.165) is 18.5 Å². The molecule has 138 valence electrons. The van der Waals surface area contributed by atoms with Crippen molar-refractivity contribution in [3.63, 3.8) is 0 Å². The number of carbonyl (C=O) groups excluding carboxylic acids is 2. The molecule has 25 heavy (non-hydrogen) atoms. The molecule has 1 atom stereocenters. The minimum atomic E-state index is -0.609. The summed E-state index contributed by atoms with van der Waals surface area (Å²) in [6.45, 7) is 9.29. The first-order valence-corrected chi connectivity index (χ1v) is 9.29. The van der Waals surface area contributed by atoms with E-state index >= 15 is 0 Å². The molecule has 0 aliphatic carbocycles. The molecule has 0 radical (unpaired) electrons. The Labute approximate surface area is 151 Å². The maximum absolute atomic E-state index is 12.7. The number of nitrogens with one attached hydrogen (secondary N) is 1. The van der Waals surface area contributed by atoms with Crippen molar-refractivity contribution in [3.05, 3.63) is 29.8 Å². The average molecular weight is 345 g/mol. The second kappa shape index (κ2) is 8.00. The lowest BCUT2D eigenvalue weighted by Crippen LogP contribution is -2.51. The van der Waals surface area contributed by atoms with Crippen LogP contribution in [0.3, 0.4) is 0 Å². The van der Waals surface area contributed by atoms with E-state index in [1.54, 1.807) is 4.90 Å². The molecular formula is C20H31N3O2. The lowest BCUT2D eigenvalue weighted by Gasteiger charge is -2.27. The van der Waals surface area contributed by atoms with E-state index in [2.05, 4.69) is 19.2 Å². The third-order valence-electron chi connectivity index (χ3n) is 5.42. The Kier molecular flexibility index (Phi) is 6.22. The number of carbonyl (C=O) groups is 2. The first kappa shape index (κ1) is 19.4. The number of amides is 2. The lowest BCUT2D eigenvalue weighted by molar-refractivity contribution is -0.132. The summed E-state index contributed by atoms with van der Waals surface area (Å²) in [4.78, 5) is 26.8. The Hall–Kier alpha value is -1.88. The highest BCUT2D eigenvalue weighted by Crippen LogP contribution is 2.27. The molecule has 1 aliphatic rings. The normalized spacial score (nSPS) is 18.1. The van der Waals surface area contributed by atoms with Crippen molar-refractivity contribution in [1.82, 2.24) is 5.32 Å². The van der Waals surface area contributed by atoms with Gasteiger partial charge >= 0.3 is 0 Å². The molecule has 0 bridgehead atoms. The summed E-state index contributed by atoms with van der Waals surface area (Å²) >= 11 is 0. The van der Waals surface area contributed by atoms with Crippen LogP contribution >= 0.6 is 0 Å². The Morgan fingerprint density at radius 3 is 2.40 bits per heavy atom. The monoisotopic (exact) mass is 345 g/mol. The van der Waals surface area contributed by atoms with Crippen LogP contribution in [0, 0.1) is 5.92 Å². The third-order valence-corrected chi connectivity index (χ3v) is 5.42. The van der Waals surface area contributed by atoms with Crippen LogP contribution < -0.4 is 16.0 Å². The highest BCUT2D eigenvalue weighted by Gasteiger charge is 2.38. The zero-order chi connectivity index (χ0) is 18.6. The molecule has 0 saturated carbocycles. The van der Waals surface area contributed by atoms with Gasteiger partial charge in [-0.2, -0.15) is 0 Å². The Morgan fingerprint density at radius 1 is 1.28 bits per heavy atom. The fourth-order valence-corrected chi connectivity index (χ4v) is 3.11. The number of hydrogen-bond acceptors (Lipinski definition) is 3. The number of benzene rings is 1. The van der Waals surface area contributed by atoms with E-state index in [4.69, 9.17) is 5.73 Å². The van der Waals surface area contributed by atoms with Crippen LogP contribution in [0.4, 0.5) is 5.69 Å². The molecule has 1 aromatic carbocycles. The van der Waals surface area contributed by atoms with E-state index in [9.17, 15) is 9.59 Å². The fraction of sp³-hybridized carbons (Fsp3) is 0.600. The molecule has 1 aliphatic heterocycles. The van der Waals surface area contributed by atoms with Gasteiger partial charge in [0.1, 0.15) is 5.92 Å². The van der Waals surface area contributed by atoms with Gasteiger partial charge in [0.05, 0.1) is 0 Å². The van der Waals surface area contributed by atoms with E-state index in [1.807, 2.05) is 38.1 Å². The summed E-state index contributed by atoms with van der Waals surface area (Å²) in [6, 6.07) is 8.02. The maximum atomic E-state index is 12.7. The van der Waals surface area contributed by atoms with Crippen LogP contribution in [0.2, 0.25) is 0 Å². The van der Waals surface area contributed by atoms with Crippen molar-refractivity contribution in [2.75, 3.05) is 18.0 Å². The van der Waals surface area contributed by atoms with Crippen molar-refractivity contribution in [1.29, 1.82) is 0 Å². The van der Waals surface area contributed by atoms with Gasteiger partial charge in [0.15, 0.2) is 0 Å². The summed E-state index contributed by atoms with van der Waals surface area (Å²) in [6.07, 6.45) is 2.12. The second-order valence-corrected chi connectivity index (χ2v) is 7.36. The van der Waals surface area contributed by atoms with Gasteiger partial charge in [-0.1, -0.05) is 39.8 Å². The largest absolute Gasteiger partial charge is 0.354 e. The van der Waals surface area contributed by atoms with Crippen LogP contribution in [0.5, 0.6) is 0 Å². The van der Waals surface area contributed by atoms with E-state index in [1.165, 1.54) is 5.56 Å². The Morgan fingerprint density at radius 2 is 1.88 bits per heavy atom. The molecule has 2 rings (SSSR count). The van der Waals surface area contributed by atoms with E-state index in [-0.39, 0.29) is 11.8 Å². The molecule has 0 aromatic heterocycles. The standard InChI is InChI=1S/C20H31N3O2/c1-5-20(21,6-2)13-22-18(24)17-11-12-23(19(17)25)16-9-7-15(8-10-16)14(3)4/h7-10,14,17H,5-6,11-13,21H2,1-4H3,(H,22,24). The molecule has 1 aromatic rings. The molecule has 1 heterocycles. The van der Waals surface area contributed by atoms with Gasteiger partial charge in [0.25, 0.3) is 0 Å². The van der Waals surface area contributed by atoms with Crippen LogP contribution in [0.1, 0.15) is 58.4 Å². The first-order valence-electron chi connectivity index (χ1n) is 9.29. The Bertz CT molecular complexity index is 606. The lowest BCUT2D eigenvalue weighted by atomic mass is 9.94. The molecule has 0 spiro atoms. The van der Waals surface area contributed by atoms with Gasteiger partial charge in [-0.05, 0) is 42.9 Å². The Balaban J connectivity index is 2.00. The smallest absolute Gasteiger partial charge is 0.239 e. The number of rotatable bonds is 7. The summed E-state index contributed by atoms with van der Waals surface area (Å²) in [7, 11) is 0. The van der Waals surface area contributed by atoms with Crippen molar-refractivity contribution < 1.29 is 9.59 Å². The number of nitrogens with zero attached hydrogens (tertiary/aromatic N) is 1. The van der Waals surface area contributed by atoms with E-state index in [0.29, 0.717) is 25.4 Å². The third kappa shape index (κ3) is 4.40. The SMILES string of the molecule is CCC(N)(CC)CNC(=O)C1CCN(c2ccc(C(C)C)cc2)C1=O. The summed E-state index contributed by atoms with van der Waals surface area (Å²) in [5.41, 5.74) is 7.93. The second-order valence-electron chi connectivity index (χ2n) is 7.36. The first-order chi connectivity index (χ1) is 11.8. The topological polar surface area (TPSA) is 75.4 Å². The van der Waals surface area contributed by atoms with Crippen LogP contribution in [0.15, 0.2) is 24.3 Å². The van der Waals surface area contributed by atoms with Crippen molar-refractivity contribution >= 4 is 17.5 Å². The molecule has 2 amide bonds. The highest BCUT2D eigenvalue weighted by molar-refractivity contribution is 6.09. The highest BCUT2D eigenvalue weighted by atomic mass is 16.2. The van der Waals surface area contributed by atoms with Crippen molar-refractivity contribution in [2.24, 2.45) is 11.7 Å². The van der Waals surface area contributed by atoms with Crippen molar-refractivity contribution in [2.45, 2.75) is 58.4 Å². The van der Waals surface area contributed by atoms with Crippen LogP contribution in [-0.2, 0) is 9.59 Å². The van der Waals surface area contributed by atoms with Crippen LogP contribution in [-0.4, -0.2) is 30.4 Å². The predicted octanol–water partition coefficient (Wildman–Crippen LogP) is 2.80.